The second-order valence-corrected chi connectivity index (χ2v) is 7.80. The SMILES string of the molecule is CC1=C(C(=O)OCc2ccccc2)C(c2ccc(OCCN(C)C)cc2)n2nnnc2N1. The molecule has 1 aromatic heterocycles. The van der Waals surface area contributed by atoms with E-state index in [1.165, 1.54) is 0 Å². The number of carbonyl (C=O) groups is 1. The number of nitrogens with one attached hydrogen (secondary N) is 1. The minimum Gasteiger partial charge on any atom is -0.492 e. The van der Waals surface area contributed by atoms with Crippen LogP contribution >= 0.6 is 0 Å². The second-order valence-electron chi connectivity index (χ2n) is 7.80. The summed E-state index contributed by atoms with van der Waals surface area (Å²) in [6.07, 6.45) is 0. The number of rotatable bonds is 8. The van der Waals surface area contributed by atoms with Gasteiger partial charge >= 0.3 is 5.97 Å². The van der Waals surface area contributed by atoms with Crippen molar-refractivity contribution in [3.63, 3.8) is 0 Å². The molecule has 166 valence electrons. The highest BCUT2D eigenvalue weighted by Gasteiger charge is 2.35. The van der Waals surface area contributed by atoms with Crippen LogP contribution in [-0.2, 0) is 16.1 Å². The smallest absolute Gasteiger partial charge is 0.338 e. The van der Waals surface area contributed by atoms with Gasteiger partial charge in [0.1, 0.15) is 25.0 Å². The molecule has 9 nitrogen and oxygen atoms in total. The molecule has 2 aromatic carbocycles. The number of anilines is 1. The molecule has 1 atom stereocenters. The Morgan fingerprint density at radius 3 is 2.59 bits per heavy atom. The Morgan fingerprint density at radius 2 is 1.88 bits per heavy atom. The quantitative estimate of drug-likeness (QED) is 0.541. The number of likely N-dealkylation sites (N-methyl/N-ethyl adjacent to an activating group) is 1. The van der Waals surface area contributed by atoms with Crippen LogP contribution in [0.4, 0.5) is 5.95 Å². The number of allylic oxidation sites excluding steroid dienone is 1. The molecule has 1 aliphatic heterocycles. The highest BCUT2D eigenvalue weighted by atomic mass is 16.5. The van der Waals surface area contributed by atoms with E-state index in [1.54, 1.807) is 4.68 Å². The average molecular weight is 435 g/mol. The molecule has 0 amide bonds. The van der Waals surface area contributed by atoms with Gasteiger partial charge in [-0.25, -0.2) is 4.79 Å². The summed E-state index contributed by atoms with van der Waals surface area (Å²) >= 11 is 0. The Bertz CT molecular complexity index is 1090. The van der Waals surface area contributed by atoms with Crippen molar-refractivity contribution < 1.29 is 14.3 Å². The average Bonchev–Trinajstić information content (AvgIpc) is 3.25. The number of carbonyl (C=O) groups excluding carboxylic acids is 1. The van der Waals surface area contributed by atoms with E-state index < -0.39 is 12.0 Å². The van der Waals surface area contributed by atoms with Gasteiger partial charge < -0.3 is 19.7 Å². The van der Waals surface area contributed by atoms with Gasteiger partial charge in [-0.15, -0.1) is 0 Å². The fourth-order valence-corrected chi connectivity index (χ4v) is 3.48. The molecule has 32 heavy (non-hydrogen) atoms. The Hall–Kier alpha value is -3.72. The van der Waals surface area contributed by atoms with Crippen LogP contribution in [-0.4, -0.2) is 58.3 Å². The molecule has 4 rings (SSSR count). The number of hydrogen-bond acceptors (Lipinski definition) is 8. The largest absolute Gasteiger partial charge is 0.492 e. The zero-order chi connectivity index (χ0) is 22.5. The highest BCUT2D eigenvalue weighted by Crippen LogP contribution is 2.35. The van der Waals surface area contributed by atoms with Gasteiger partial charge in [-0.05, 0) is 54.7 Å². The molecule has 0 aliphatic carbocycles. The van der Waals surface area contributed by atoms with Crippen LogP contribution < -0.4 is 10.1 Å². The first kappa shape index (κ1) is 21.5. The highest BCUT2D eigenvalue weighted by molar-refractivity contribution is 5.92. The zero-order valence-electron chi connectivity index (χ0n) is 18.4. The number of benzene rings is 2. The Kier molecular flexibility index (Phi) is 6.46. The summed E-state index contributed by atoms with van der Waals surface area (Å²) in [4.78, 5) is 15.2. The van der Waals surface area contributed by atoms with Gasteiger partial charge in [0.15, 0.2) is 0 Å². The Morgan fingerprint density at radius 1 is 1.12 bits per heavy atom. The monoisotopic (exact) mass is 434 g/mol. The van der Waals surface area contributed by atoms with Crippen molar-refractivity contribution in [3.05, 3.63) is 77.0 Å². The van der Waals surface area contributed by atoms with Crippen molar-refractivity contribution in [2.45, 2.75) is 19.6 Å². The van der Waals surface area contributed by atoms with E-state index in [-0.39, 0.29) is 6.61 Å². The number of ether oxygens (including phenoxy) is 2. The third-order valence-corrected chi connectivity index (χ3v) is 5.15. The standard InChI is InChI=1S/C23H26N6O3/c1-16-20(22(30)32-15-17-7-5-4-6-8-17)21(29-23(24-16)25-26-27-29)18-9-11-19(12-10-18)31-14-13-28(2)3/h4-12,21H,13-15H2,1-3H3,(H,24,25,27). The predicted octanol–water partition coefficient (Wildman–Crippen LogP) is 2.65. The maximum Gasteiger partial charge on any atom is 0.338 e. The first-order chi connectivity index (χ1) is 15.5. The molecule has 1 unspecified atom stereocenters. The van der Waals surface area contributed by atoms with Gasteiger partial charge in [0, 0.05) is 12.2 Å². The van der Waals surface area contributed by atoms with Crippen LogP contribution in [0, 0.1) is 0 Å². The van der Waals surface area contributed by atoms with E-state index in [0.29, 0.717) is 23.8 Å². The first-order valence-electron chi connectivity index (χ1n) is 10.4. The summed E-state index contributed by atoms with van der Waals surface area (Å²) in [5.41, 5.74) is 2.89. The van der Waals surface area contributed by atoms with Crippen molar-refractivity contribution in [2.75, 3.05) is 32.6 Å². The third kappa shape index (κ3) is 4.78. The number of aromatic nitrogens is 4. The molecule has 0 saturated carbocycles. The molecule has 1 aliphatic rings. The van der Waals surface area contributed by atoms with E-state index in [2.05, 4.69) is 25.7 Å². The van der Waals surface area contributed by atoms with Gasteiger partial charge in [-0.3, -0.25) is 0 Å². The second kappa shape index (κ2) is 9.61. The number of hydrogen-bond donors (Lipinski definition) is 1. The molecular weight excluding hydrogens is 408 g/mol. The van der Waals surface area contributed by atoms with Crippen molar-refractivity contribution >= 4 is 11.9 Å². The summed E-state index contributed by atoms with van der Waals surface area (Å²) in [6, 6.07) is 16.7. The summed E-state index contributed by atoms with van der Waals surface area (Å²) in [7, 11) is 4.00. The lowest BCUT2D eigenvalue weighted by Crippen LogP contribution is -2.29. The van der Waals surface area contributed by atoms with Crippen LogP contribution in [0.5, 0.6) is 5.75 Å². The molecular formula is C23H26N6O3. The molecule has 9 heteroatoms. The maximum absolute atomic E-state index is 13.1. The van der Waals surface area contributed by atoms with Crippen LogP contribution in [0.2, 0.25) is 0 Å². The number of esters is 1. The molecule has 2 heterocycles. The van der Waals surface area contributed by atoms with Gasteiger partial charge in [-0.1, -0.05) is 47.6 Å². The fourth-order valence-electron chi connectivity index (χ4n) is 3.48. The van der Waals surface area contributed by atoms with Crippen molar-refractivity contribution in [3.8, 4) is 5.75 Å². The molecule has 0 fully saturated rings. The minimum atomic E-state index is -0.514. The minimum absolute atomic E-state index is 0.185. The van der Waals surface area contributed by atoms with Crippen LogP contribution in [0.15, 0.2) is 65.9 Å². The Balaban J connectivity index is 1.57. The van der Waals surface area contributed by atoms with Gasteiger partial charge in [0.2, 0.25) is 5.95 Å². The molecule has 0 radical (unpaired) electrons. The lowest BCUT2D eigenvalue weighted by molar-refractivity contribution is -0.140. The summed E-state index contributed by atoms with van der Waals surface area (Å²) in [5, 5.41) is 15.0. The van der Waals surface area contributed by atoms with E-state index >= 15 is 0 Å². The zero-order valence-corrected chi connectivity index (χ0v) is 18.4. The lowest BCUT2D eigenvalue weighted by Gasteiger charge is -2.27. The van der Waals surface area contributed by atoms with E-state index in [4.69, 9.17) is 9.47 Å². The van der Waals surface area contributed by atoms with Crippen LogP contribution in [0.3, 0.4) is 0 Å². The summed E-state index contributed by atoms with van der Waals surface area (Å²) < 4.78 is 13.0. The Labute approximate surface area is 186 Å². The molecule has 3 aromatic rings. The van der Waals surface area contributed by atoms with Crippen molar-refractivity contribution in [1.29, 1.82) is 0 Å². The van der Waals surface area contributed by atoms with Crippen LogP contribution in [0.25, 0.3) is 0 Å². The van der Waals surface area contributed by atoms with Gasteiger partial charge in [0.25, 0.3) is 0 Å². The number of nitrogens with zero attached hydrogens (tertiary/aromatic N) is 5. The first-order valence-corrected chi connectivity index (χ1v) is 10.4. The molecule has 0 spiro atoms. The normalized spacial score (nSPS) is 15.3. The molecule has 0 bridgehead atoms. The number of fused-ring (bicyclic) bond motifs is 1. The fraction of sp³-hybridized carbons (Fsp3) is 0.304. The third-order valence-electron chi connectivity index (χ3n) is 5.15. The maximum atomic E-state index is 13.1. The van der Waals surface area contributed by atoms with Gasteiger partial charge in [-0.2, -0.15) is 4.68 Å². The summed E-state index contributed by atoms with van der Waals surface area (Å²) in [5.74, 6) is 0.810. The predicted molar refractivity (Wildman–Crippen MR) is 119 cm³/mol. The lowest BCUT2D eigenvalue weighted by atomic mass is 9.95. The van der Waals surface area contributed by atoms with Crippen LogP contribution in [0.1, 0.15) is 24.1 Å². The van der Waals surface area contributed by atoms with Crippen molar-refractivity contribution in [2.24, 2.45) is 0 Å². The van der Waals surface area contributed by atoms with Gasteiger partial charge in [0.05, 0.1) is 5.57 Å². The van der Waals surface area contributed by atoms with Crippen molar-refractivity contribution in [1.82, 2.24) is 25.1 Å². The topological polar surface area (TPSA) is 94.4 Å². The van der Waals surface area contributed by atoms with E-state index in [0.717, 1.165) is 23.4 Å². The summed E-state index contributed by atoms with van der Waals surface area (Å²) in [6.45, 7) is 3.42. The molecule has 1 N–H and O–H groups in total. The molecule has 0 saturated heterocycles. The van der Waals surface area contributed by atoms with E-state index in [1.807, 2.05) is 75.6 Å². The van der Waals surface area contributed by atoms with E-state index in [9.17, 15) is 4.79 Å². The number of tetrazole rings is 1.